The van der Waals surface area contributed by atoms with Crippen molar-refractivity contribution in [2.75, 3.05) is 26.2 Å². The second kappa shape index (κ2) is 8.32. The summed E-state index contributed by atoms with van der Waals surface area (Å²) in [4.78, 5) is 12.7. The highest BCUT2D eigenvalue weighted by molar-refractivity contribution is 5.85. The molecule has 0 spiro atoms. The molecule has 2 rings (SSSR count). The molecule has 0 amide bonds. The van der Waals surface area contributed by atoms with Gasteiger partial charge in [0.25, 0.3) is 5.69 Å². The monoisotopic (exact) mass is 307 g/mol. The van der Waals surface area contributed by atoms with Crippen molar-refractivity contribution in [2.45, 2.75) is 13.0 Å². The van der Waals surface area contributed by atoms with Gasteiger partial charge in [0, 0.05) is 44.4 Å². The average molecular weight is 308 g/mol. The Hall–Kier alpha value is -0.880. The summed E-state index contributed by atoms with van der Waals surface area (Å²) in [6, 6.07) is 7.16. The van der Waals surface area contributed by atoms with Gasteiger partial charge in [-0.1, -0.05) is 12.1 Å². The maximum Gasteiger partial charge on any atom is 0.269 e. The van der Waals surface area contributed by atoms with Crippen LogP contribution in [-0.4, -0.2) is 36.0 Å². The number of piperazine rings is 1. The predicted molar refractivity (Wildman–Crippen MR) is 80.5 cm³/mol. The Bertz CT molecular complexity index is 412. The topological polar surface area (TPSA) is 58.4 Å². The fourth-order valence-electron chi connectivity index (χ4n) is 2.18. The van der Waals surface area contributed by atoms with Gasteiger partial charge in [-0.25, -0.2) is 0 Å². The summed E-state index contributed by atoms with van der Waals surface area (Å²) in [5.74, 6) is 0. The molecule has 1 heterocycles. The normalized spacial score (nSPS) is 16.9. The van der Waals surface area contributed by atoms with E-state index in [2.05, 4.69) is 17.1 Å². The summed E-state index contributed by atoms with van der Waals surface area (Å²) in [6.07, 6.45) is 0. The van der Waals surface area contributed by atoms with Gasteiger partial charge in [-0.2, -0.15) is 0 Å². The van der Waals surface area contributed by atoms with Crippen LogP contribution in [-0.2, 0) is 0 Å². The van der Waals surface area contributed by atoms with Crippen molar-refractivity contribution in [3.63, 3.8) is 0 Å². The SMILES string of the molecule is C[C@@H](c1cccc([N+](=O)[O-])c1)N1CCNCC1.Cl.Cl. The van der Waals surface area contributed by atoms with Gasteiger partial charge >= 0.3 is 0 Å². The molecule has 0 aliphatic carbocycles. The third-order valence-corrected chi connectivity index (χ3v) is 3.26. The Labute approximate surface area is 125 Å². The number of nitrogens with zero attached hydrogens (tertiary/aromatic N) is 2. The highest BCUT2D eigenvalue weighted by atomic mass is 35.5. The average Bonchev–Trinajstić information content (AvgIpc) is 2.39. The molecule has 1 aromatic rings. The molecule has 7 heteroatoms. The van der Waals surface area contributed by atoms with Gasteiger partial charge < -0.3 is 5.32 Å². The largest absolute Gasteiger partial charge is 0.314 e. The Morgan fingerprint density at radius 1 is 1.32 bits per heavy atom. The van der Waals surface area contributed by atoms with Gasteiger partial charge in [0.15, 0.2) is 0 Å². The van der Waals surface area contributed by atoms with Crippen LogP contribution in [0.3, 0.4) is 0 Å². The van der Waals surface area contributed by atoms with Crippen LogP contribution in [0.5, 0.6) is 0 Å². The number of hydrogen-bond acceptors (Lipinski definition) is 4. The molecule has 1 aliphatic heterocycles. The third kappa shape index (κ3) is 4.62. The van der Waals surface area contributed by atoms with Gasteiger partial charge in [0.05, 0.1) is 4.92 Å². The summed E-state index contributed by atoms with van der Waals surface area (Å²) in [5, 5.41) is 14.0. The Kier molecular flexibility index (Phi) is 7.94. The number of nitrogens with one attached hydrogen (secondary N) is 1. The van der Waals surface area contributed by atoms with Crippen LogP contribution in [0.25, 0.3) is 0 Å². The van der Waals surface area contributed by atoms with E-state index in [0.29, 0.717) is 0 Å². The van der Waals surface area contributed by atoms with E-state index in [1.807, 2.05) is 6.07 Å². The molecule has 0 aromatic heterocycles. The quantitative estimate of drug-likeness (QED) is 0.688. The molecular weight excluding hydrogens is 289 g/mol. The summed E-state index contributed by atoms with van der Waals surface area (Å²) >= 11 is 0. The molecule has 1 N–H and O–H groups in total. The molecule has 1 aliphatic rings. The lowest BCUT2D eigenvalue weighted by Crippen LogP contribution is -2.44. The van der Waals surface area contributed by atoms with E-state index in [0.717, 1.165) is 31.7 Å². The minimum absolute atomic E-state index is 0. The molecule has 0 saturated carbocycles. The number of hydrogen-bond donors (Lipinski definition) is 1. The highest BCUT2D eigenvalue weighted by Gasteiger charge is 2.19. The highest BCUT2D eigenvalue weighted by Crippen LogP contribution is 2.23. The maximum absolute atomic E-state index is 10.7. The van der Waals surface area contributed by atoms with Crippen LogP contribution >= 0.6 is 24.8 Å². The Balaban J connectivity index is 0.00000162. The molecule has 5 nitrogen and oxygen atoms in total. The molecule has 1 atom stereocenters. The van der Waals surface area contributed by atoms with E-state index < -0.39 is 0 Å². The number of non-ortho nitro benzene ring substituents is 1. The maximum atomic E-state index is 10.7. The second-order valence-corrected chi connectivity index (χ2v) is 4.31. The van der Waals surface area contributed by atoms with E-state index >= 15 is 0 Å². The van der Waals surface area contributed by atoms with Crippen LogP contribution in [0.15, 0.2) is 24.3 Å². The van der Waals surface area contributed by atoms with Gasteiger partial charge in [0.2, 0.25) is 0 Å². The first kappa shape index (κ1) is 18.1. The van der Waals surface area contributed by atoms with E-state index in [4.69, 9.17) is 0 Å². The fraction of sp³-hybridized carbons (Fsp3) is 0.500. The number of rotatable bonds is 3. The lowest BCUT2D eigenvalue weighted by atomic mass is 10.1. The van der Waals surface area contributed by atoms with Gasteiger partial charge in [-0.3, -0.25) is 15.0 Å². The van der Waals surface area contributed by atoms with Crippen LogP contribution in [0.4, 0.5) is 5.69 Å². The van der Waals surface area contributed by atoms with Crippen molar-refractivity contribution in [3.05, 3.63) is 39.9 Å². The first-order valence-electron chi connectivity index (χ1n) is 5.87. The molecule has 19 heavy (non-hydrogen) atoms. The molecule has 1 saturated heterocycles. The molecule has 108 valence electrons. The van der Waals surface area contributed by atoms with Crippen molar-refractivity contribution in [3.8, 4) is 0 Å². The van der Waals surface area contributed by atoms with Crippen molar-refractivity contribution in [1.29, 1.82) is 0 Å². The van der Waals surface area contributed by atoms with Crippen LogP contribution in [0.1, 0.15) is 18.5 Å². The van der Waals surface area contributed by atoms with Crippen molar-refractivity contribution in [2.24, 2.45) is 0 Å². The van der Waals surface area contributed by atoms with E-state index in [-0.39, 0.29) is 41.5 Å². The zero-order valence-electron chi connectivity index (χ0n) is 10.7. The molecule has 0 bridgehead atoms. The summed E-state index contributed by atoms with van der Waals surface area (Å²) in [7, 11) is 0. The van der Waals surface area contributed by atoms with E-state index in [1.54, 1.807) is 12.1 Å². The summed E-state index contributed by atoms with van der Waals surface area (Å²) < 4.78 is 0. The molecule has 1 fully saturated rings. The van der Waals surface area contributed by atoms with Gasteiger partial charge in [0.1, 0.15) is 0 Å². The number of halogens is 2. The Morgan fingerprint density at radius 2 is 1.95 bits per heavy atom. The lowest BCUT2D eigenvalue weighted by molar-refractivity contribution is -0.384. The first-order chi connectivity index (χ1) is 8.18. The number of nitro benzene ring substituents is 1. The van der Waals surface area contributed by atoms with Gasteiger partial charge in [-0.15, -0.1) is 24.8 Å². The molecule has 1 aromatic carbocycles. The van der Waals surface area contributed by atoms with Gasteiger partial charge in [-0.05, 0) is 12.5 Å². The molecule has 0 unspecified atom stereocenters. The van der Waals surface area contributed by atoms with E-state index in [1.165, 1.54) is 6.07 Å². The zero-order valence-corrected chi connectivity index (χ0v) is 12.4. The summed E-state index contributed by atoms with van der Waals surface area (Å²) in [6.45, 7) is 6.05. The second-order valence-electron chi connectivity index (χ2n) is 4.31. The molecule has 0 radical (unpaired) electrons. The fourth-order valence-corrected chi connectivity index (χ4v) is 2.18. The summed E-state index contributed by atoms with van der Waals surface area (Å²) in [5.41, 5.74) is 1.19. The Morgan fingerprint density at radius 3 is 2.53 bits per heavy atom. The number of nitro groups is 1. The minimum atomic E-state index is -0.339. The van der Waals surface area contributed by atoms with E-state index in [9.17, 15) is 10.1 Å². The van der Waals surface area contributed by atoms with Crippen molar-refractivity contribution < 1.29 is 4.92 Å². The van der Waals surface area contributed by atoms with Crippen LogP contribution < -0.4 is 5.32 Å². The molecular formula is C12H19Cl2N3O2. The van der Waals surface area contributed by atoms with Crippen LogP contribution in [0.2, 0.25) is 0 Å². The standard InChI is InChI=1S/C12H17N3O2.2ClH/c1-10(14-7-5-13-6-8-14)11-3-2-4-12(9-11)15(16)17;;/h2-4,9-10,13H,5-8H2,1H3;2*1H/t10-;;/m0../s1. The van der Waals surface area contributed by atoms with Crippen LogP contribution in [0, 0.1) is 10.1 Å². The predicted octanol–water partition coefficient (Wildman–Crippen LogP) is 2.40. The first-order valence-corrected chi connectivity index (χ1v) is 5.87. The lowest BCUT2D eigenvalue weighted by Gasteiger charge is -2.32. The third-order valence-electron chi connectivity index (χ3n) is 3.26. The minimum Gasteiger partial charge on any atom is -0.314 e. The smallest absolute Gasteiger partial charge is 0.269 e. The van der Waals surface area contributed by atoms with Crippen molar-refractivity contribution >= 4 is 30.5 Å². The number of benzene rings is 1. The zero-order chi connectivity index (χ0) is 12.3. The van der Waals surface area contributed by atoms with Crippen molar-refractivity contribution in [1.82, 2.24) is 10.2 Å².